The molecule has 0 saturated heterocycles. The van der Waals surface area contributed by atoms with Crippen molar-refractivity contribution in [1.29, 1.82) is 5.26 Å². The van der Waals surface area contributed by atoms with E-state index in [1.807, 2.05) is 6.92 Å². The Morgan fingerprint density at radius 1 is 1.69 bits per heavy atom. The minimum absolute atomic E-state index is 0.121. The minimum Gasteiger partial charge on any atom is -0.258 e. The summed E-state index contributed by atoms with van der Waals surface area (Å²) in [6.45, 7) is 1.87. The summed E-state index contributed by atoms with van der Waals surface area (Å²) in [5, 5.41) is 19.0. The molecule has 5 heteroatoms. The summed E-state index contributed by atoms with van der Waals surface area (Å²) in [4.78, 5) is 13.6. The number of rotatable bonds is 2. The topological polar surface area (TPSA) is 79.8 Å². The first-order valence-electron chi connectivity index (χ1n) is 3.73. The average molecular weight is 177 g/mol. The monoisotopic (exact) mass is 177 g/mol. The van der Waals surface area contributed by atoms with Gasteiger partial charge in [0.05, 0.1) is 4.92 Å². The van der Waals surface area contributed by atoms with Crippen molar-refractivity contribution in [2.24, 2.45) is 0 Å². The van der Waals surface area contributed by atoms with Gasteiger partial charge in [-0.2, -0.15) is 5.26 Å². The van der Waals surface area contributed by atoms with Crippen LogP contribution in [-0.2, 0) is 6.42 Å². The number of nitrogens with zero attached hydrogens (tertiary/aromatic N) is 3. The van der Waals surface area contributed by atoms with Crippen LogP contribution in [0.5, 0.6) is 0 Å². The highest BCUT2D eigenvalue weighted by molar-refractivity contribution is 5.43. The number of aryl methyl sites for hydroxylation is 1. The zero-order valence-corrected chi connectivity index (χ0v) is 7.02. The van der Waals surface area contributed by atoms with Gasteiger partial charge in [0.15, 0.2) is 0 Å². The van der Waals surface area contributed by atoms with Gasteiger partial charge in [-0.15, -0.1) is 0 Å². The Morgan fingerprint density at radius 3 is 2.85 bits per heavy atom. The Balaban J connectivity index is 3.26. The Labute approximate surface area is 74.8 Å². The smallest absolute Gasteiger partial charge is 0.258 e. The van der Waals surface area contributed by atoms with Gasteiger partial charge < -0.3 is 0 Å². The minimum atomic E-state index is -0.606. The molecule has 0 amide bonds. The van der Waals surface area contributed by atoms with Crippen LogP contribution in [0.1, 0.15) is 18.3 Å². The van der Waals surface area contributed by atoms with Crippen LogP contribution in [0.2, 0.25) is 0 Å². The molecule has 0 aliphatic carbocycles. The third-order valence-electron chi connectivity index (χ3n) is 1.60. The van der Waals surface area contributed by atoms with Gasteiger partial charge in [-0.25, -0.2) is 4.98 Å². The number of nitro groups is 1. The maximum Gasteiger partial charge on any atom is 0.305 e. The second kappa shape index (κ2) is 3.63. The molecule has 0 aliphatic heterocycles. The van der Waals surface area contributed by atoms with Crippen molar-refractivity contribution < 1.29 is 4.92 Å². The molecule has 13 heavy (non-hydrogen) atoms. The van der Waals surface area contributed by atoms with E-state index in [1.165, 1.54) is 6.07 Å². The van der Waals surface area contributed by atoms with E-state index in [4.69, 9.17) is 5.26 Å². The van der Waals surface area contributed by atoms with Gasteiger partial charge in [0.2, 0.25) is 5.69 Å². The summed E-state index contributed by atoms with van der Waals surface area (Å²) in [5.41, 5.74) is 0.325. The average Bonchev–Trinajstić information content (AvgIpc) is 2.16. The lowest BCUT2D eigenvalue weighted by molar-refractivity contribution is -0.385. The summed E-state index contributed by atoms with van der Waals surface area (Å²) in [5.74, 6) is 0. The molecule has 0 aliphatic rings. The quantitative estimate of drug-likeness (QED) is 0.505. The summed E-state index contributed by atoms with van der Waals surface area (Å²) >= 11 is 0. The Morgan fingerprint density at radius 2 is 2.38 bits per heavy atom. The summed E-state index contributed by atoms with van der Waals surface area (Å²) < 4.78 is 0. The Hall–Kier alpha value is -1.96. The van der Waals surface area contributed by atoms with Crippen molar-refractivity contribution in [3.8, 4) is 6.07 Å². The van der Waals surface area contributed by atoms with Crippen molar-refractivity contribution in [2.45, 2.75) is 13.3 Å². The highest BCUT2D eigenvalue weighted by atomic mass is 16.6. The third kappa shape index (κ3) is 1.79. The van der Waals surface area contributed by atoms with E-state index in [0.29, 0.717) is 12.1 Å². The molecule has 0 unspecified atom stereocenters. The SMILES string of the molecule is CCc1ccc([N+](=O)[O-])c(C#N)n1. The molecule has 0 saturated carbocycles. The van der Waals surface area contributed by atoms with Crippen LogP contribution in [0.3, 0.4) is 0 Å². The van der Waals surface area contributed by atoms with E-state index < -0.39 is 4.92 Å². The van der Waals surface area contributed by atoms with Gasteiger partial charge in [-0.3, -0.25) is 10.1 Å². The molecule has 0 atom stereocenters. The van der Waals surface area contributed by atoms with E-state index in [0.717, 1.165) is 0 Å². The molecular weight excluding hydrogens is 170 g/mol. The van der Waals surface area contributed by atoms with Crippen LogP contribution in [0.15, 0.2) is 12.1 Å². The van der Waals surface area contributed by atoms with Gasteiger partial charge in [0.25, 0.3) is 0 Å². The van der Waals surface area contributed by atoms with Gasteiger partial charge >= 0.3 is 5.69 Å². The lowest BCUT2D eigenvalue weighted by Crippen LogP contribution is -1.97. The van der Waals surface area contributed by atoms with E-state index in [-0.39, 0.29) is 11.4 Å². The molecule has 1 aromatic heterocycles. The molecule has 1 heterocycles. The van der Waals surface area contributed by atoms with Crippen LogP contribution in [-0.4, -0.2) is 9.91 Å². The molecule has 1 rings (SSSR count). The fourth-order valence-corrected chi connectivity index (χ4v) is 0.919. The molecule has 0 fully saturated rings. The van der Waals surface area contributed by atoms with E-state index in [1.54, 1.807) is 12.1 Å². The fraction of sp³-hybridized carbons (Fsp3) is 0.250. The van der Waals surface area contributed by atoms with Crippen LogP contribution in [0, 0.1) is 21.4 Å². The Kier molecular flexibility index (Phi) is 2.55. The molecule has 0 radical (unpaired) electrons. The molecule has 1 aromatic rings. The van der Waals surface area contributed by atoms with Gasteiger partial charge in [-0.05, 0) is 12.5 Å². The number of pyridine rings is 1. The van der Waals surface area contributed by atoms with Gasteiger partial charge in [0.1, 0.15) is 6.07 Å². The number of hydrogen-bond acceptors (Lipinski definition) is 4. The molecule has 5 nitrogen and oxygen atoms in total. The maximum absolute atomic E-state index is 10.4. The lowest BCUT2D eigenvalue weighted by atomic mass is 10.2. The van der Waals surface area contributed by atoms with Crippen LogP contribution in [0.25, 0.3) is 0 Å². The van der Waals surface area contributed by atoms with Crippen molar-refractivity contribution in [3.63, 3.8) is 0 Å². The van der Waals surface area contributed by atoms with Crippen molar-refractivity contribution in [3.05, 3.63) is 33.6 Å². The molecule has 0 aromatic carbocycles. The second-order valence-electron chi connectivity index (χ2n) is 2.39. The summed E-state index contributed by atoms with van der Waals surface area (Å²) in [6.07, 6.45) is 0.659. The standard InChI is InChI=1S/C8H7N3O2/c1-2-6-3-4-8(11(12)13)7(5-9)10-6/h3-4H,2H2,1H3. The predicted molar refractivity (Wildman–Crippen MR) is 45.0 cm³/mol. The van der Waals surface area contributed by atoms with E-state index in [2.05, 4.69) is 4.98 Å². The van der Waals surface area contributed by atoms with Gasteiger partial charge in [-0.1, -0.05) is 6.92 Å². The van der Waals surface area contributed by atoms with Crippen molar-refractivity contribution in [2.75, 3.05) is 0 Å². The normalized spacial score (nSPS) is 9.23. The molecule has 66 valence electrons. The largest absolute Gasteiger partial charge is 0.305 e. The Bertz CT molecular complexity index is 381. The molecular formula is C8H7N3O2. The first-order chi connectivity index (χ1) is 6.19. The summed E-state index contributed by atoms with van der Waals surface area (Å²) in [6, 6.07) is 4.56. The van der Waals surface area contributed by atoms with Crippen LogP contribution >= 0.6 is 0 Å². The molecule has 0 N–H and O–H groups in total. The van der Waals surface area contributed by atoms with Crippen molar-refractivity contribution in [1.82, 2.24) is 4.98 Å². The van der Waals surface area contributed by atoms with Crippen LogP contribution in [0.4, 0.5) is 5.69 Å². The van der Waals surface area contributed by atoms with E-state index in [9.17, 15) is 10.1 Å². The number of aromatic nitrogens is 1. The predicted octanol–water partition coefficient (Wildman–Crippen LogP) is 1.42. The first kappa shape index (κ1) is 9.13. The maximum atomic E-state index is 10.4. The lowest BCUT2D eigenvalue weighted by Gasteiger charge is -1.96. The molecule has 0 bridgehead atoms. The molecule has 0 spiro atoms. The second-order valence-corrected chi connectivity index (χ2v) is 2.39. The fourth-order valence-electron chi connectivity index (χ4n) is 0.919. The zero-order valence-electron chi connectivity index (χ0n) is 7.02. The highest BCUT2D eigenvalue weighted by Crippen LogP contribution is 2.15. The third-order valence-corrected chi connectivity index (χ3v) is 1.60. The van der Waals surface area contributed by atoms with Gasteiger partial charge in [0, 0.05) is 11.8 Å². The summed E-state index contributed by atoms with van der Waals surface area (Å²) in [7, 11) is 0. The number of nitriles is 1. The van der Waals surface area contributed by atoms with Crippen molar-refractivity contribution >= 4 is 5.69 Å². The number of hydrogen-bond donors (Lipinski definition) is 0. The zero-order chi connectivity index (χ0) is 9.84. The van der Waals surface area contributed by atoms with E-state index >= 15 is 0 Å². The van der Waals surface area contributed by atoms with Crippen LogP contribution < -0.4 is 0 Å². The first-order valence-corrected chi connectivity index (χ1v) is 3.73. The highest BCUT2D eigenvalue weighted by Gasteiger charge is 2.14.